The van der Waals surface area contributed by atoms with E-state index in [9.17, 15) is 45.7 Å². The molecule has 0 aliphatic heterocycles. The summed E-state index contributed by atoms with van der Waals surface area (Å²) >= 11 is 0.990. The first-order valence-corrected chi connectivity index (χ1v) is 18.7. The van der Waals surface area contributed by atoms with Crippen molar-refractivity contribution in [2.24, 2.45) is 20.5 Å². The van der Waals surface area contributed by atoms with E-state index in [1.165, 1.54) is 30.3 Å². The number of carboxylic acids is 2. The van der Waals surface area contributed by atoms with E-state index in [-0.39, 0.29) is 59.7 Å². The molecule has 0 amide bonds. The van der Waals surface area contributed by atoms with Gasteiger partial charge in [0.05, 0.1) is 45.8 Å². The van der Waals surface area contributed by atoms with Gasteiger partial charge in [-0.25, -0.2) is 40.5 Å². The molecule has 6 aromatic rings. The molecule has 2 heterocycles. The standard InChI is InChI=1S/2C13H9N5O9S2.2Ni/c19-10-8(28-27-26-22)3-5-1-2-6(29(23,24)25)4-7(5)9(10)15-17-13-14-11(12(20)21)16-18-13;19-10-8(29(23,24)25)3-5-1-2-6(28-27-26-22)4-7(5)9(10)15-17-13-14-11(12(20)21)16-18-13;;/h2*1-4H,(H5,14,15,16,17,18,19,20,21,22,23,24,25);;/p-2. The molecule has 6 rings (SSSR count). The summed E-state index contributed by atoms with van der Waals surface area (Å²) < 4.78 is 73.1. The van der Waals surface area contributed by atoms with Crippen LogP contribution in [0.2, 0.25) is 0 Å². The maximum absolute atomic E-state index is 11.6. The molecular formula is C26H16N10Ni2O18S4-2. The topological polar surface area (TPSA) is 430 Å². The van der Waals surface area contributed by atoms with Gasteiger partial charge in [-0.3, -0.25) is 29.5 Å². The minimum atomic E-state index is -4.82. The number of hydrogen-bond acceptors (Lipinski definition) is 24. The fourth-order valence-electron chi connectivity index (χ4n) is 4.34. The molecule has 60 heavy (non-hydrogen) atoms. The molecule has 0 spiro atoms. The van der Waals surface area contributed by atoms with Crippen molar-refractivity contribution in [3.63, 3.8) is 0 Å². The molecule has 28 nitrogen and oxygen atoms in total. The number of aromatic carboxylic acids is 2. The number of azo groups is 2. The van der Waals surface area contributed by atoms with Crippen LogP contribution in [0.4, 0.5) is 23.3 Å². The number of rotatable bonds is 14. The van der Waals surface area contributed by atoms with Crippen molar-refractivity contribution in [3.05, 3.63) is 60.2 Å². The Morgan fingerprint density at radius 3 is 1.65 bits per heavy atom. The number of phenolic OH excluding ortho intramolecular Hbond substituents is 2. The number of benzene rings is 4. The summed E-state index contributed by atoms with van der Waals surface area (Å²) in [5.74, 6) is -6.54. The number of carbonyl (C=O) groups is 2. The molecule has 34 heteroatoms. The van der Waals surface area contributed by atoms with Gasteiger partial charge >= 0.3 is 11.9 Å². The Kier molecular flexibility index (Phi) is 17.0. The molecule has 0 radical (unpaired) electrons. The second kappa shape index (κ2) is 20.8. The summed E-state index contributed by atoms with van der Waals surface area (Å²) in [6, 6.07) is 10.1. The van der Waals surface area contributed by atoms with Crippen LogP contribution in [0, 0.1) is 0 Å². The molecule has 0 aliphatic rings. The van der Waals surface area contributed by atoms with Crippen molar-refractivity contribution in [1.82, 2.24) is 30.4 Å². The first kappa shape index (κ1) is 49.1. The smallest absolute Gasteiger partial charge is 0.358 e. The van der Waals surface area contributed by atoms with Crippen molar-refractivity contribution in [2.45, 2.75) is 19.6 Å². The monoisotopic (exact) mass is 1000 g/mol. The Morgan fingerprint density at radius 1 is 0.650 bits per heavy atom. The quantitative estimate of drug-likeness (QED) is 0.0190. The normalized spacial score (nSPS) is 11.7. The van der Waals surface area contributed by atoms with E-state index in [0.717, 1.165) is 18.2 Å². The number of nitrogens with zero attached hydrogens (tertiary/aromatic N) is 10. The Hall–Kier alpha value is -5.31. The number of hydrogen-bond donors (Lipinski definition) is 8. The van der Waals surface area contributed by atoms with Crippen LogP contribution in [0.15, 0.2) is 88.6 Å². The van der Waals surface area contributed by atoms with E-state index in [1.54, 1.807) is 0 Å². The van der Waals surface area contributed by atoms with Crippen LogP contribution in [0.3, 0.4) is 0 Å². The molecule has 0 unspecified atom stereocenters. The summed E-state index contributed by atoms with van der Waals surface area (Å²) in [5, 5.41) is 90.4. The van der Waals surface area contributed by atoms with Gasteiger partial charge in [0.15, 0.2) is 23.1 Å². The third kappa shape index (κ3) is 11.9. The molecule has 4 aromatic carbocycles. The fraction of sp³-hybridized carbons (Fsp3) is 0. The van der Waals surface area contributed by atoms with E-state index in [0.29, 0.717) is 34.4 Å². The third-order valence-corrected chi connectivity index (χ3v) is 9.59. The Labute approximate surface area is 359 Å². The van der Waals surface area contributed by atoms with Gasteiger partial charge in [0.2, 0.25) is 0 Å². The summed E-state index contributed by atoms with van der Waals surface area (Å²) in [6.45, 7) is 0. The molecule has 0 atom stereocenters. The molecular weight excluding hydrogens is 986 g/mol. The average molecular weight is 1000 g/mol. The number of fused-ring (bicyclic) bond motifs is 2. The van der Waals surface area contributed by atoms with E-state index in [2.05, 4.69) is 69.6 Å². The summed E-state index contributed by atoms with van der Waals surface area (Å²) in [6.07, 6.45) is 0. The van der Waals surface area contributed by atoms with Crippen LogP contribution in [0.25, 0.3) is 21.5 Å². The zero-order chi connectivity index (χ0) is 42.4. The number of aromatic nitrogens is 6. The molecule has 2 aromatic heterocycles. The predicted octanol–water partition coefficient (Wildman–Crippen LogP) is 4.16. The molecule has 324 valence electrons. The largest absolute Gasteiger partial charge is 0.504 e. The SMILES string of the molecule is O=C(O)c1n[n-]c(N=Nc2c(O)c(S(=O)(=O)O)cc3ccc(SOOO)cc23)n1.O=C(O)c1n[n-]c(N=Nc2c(O)c(SOOO)cc3ccc(S(=O)(=O)O)cc23)n1.[Ni].[Ni]. The van der Waals surface area contributed by atoms with Crippen molar-refractivity contribution in [1.29, 1.82) is 0 Å². The van der Waals surface area contributed by atoms with Crippen molar-refractivity contribution in [3.8, 4) is 11.5 Å². The minimum Gasteiger partial charge on any atom is -0.504 e. The van der Waals surface area contributed by atoms with Gasteiger partial charge in [-0.15, -0.1) is 8.67 Å². The van der Waals surface area contributed by atoms with Crippen molar-refractivity contribution < 1.29 is 118 Å². The van der Waals surface area contributed by atoms with Gasteiger partial charge < -0.3 is 30.4 Å². The molecule has 0 bridgehead atoms. The Bertz CT molecular complexity index is 2850. The summed E-state index contributed by atoms with van der Waals surface area (Å²) in [7, 11) is -9.38. The third-order valence-electron chi connectivity index (χ3n) is 6.68. The molecule has 0 aliphatic carbocycles. The van der Waals surface area contributed by atoms with Crippen molar-refractivity contribution >= 4 is 101 Å². The van der Waals surface area contributed by atoms with Crippen LogP contribution in [0.1, 0.15) is 21.2 Å². The predicted molar refractivity (Wildman–Crippen MR) is 185 cm³/mol. The fourth-order valence-corrected chi connectivity index (χ4v) is 6.32. The van der Waals surface area contributed by atoms with Crippen LogP contribution < -0.4 is 10.2 Å². The van der Waals surface area contributed by atoms with Crippen LogP contribution in [0.5, 0.6) is 11.5 Å². The Balaban J connectivity index is 0.000000310. The van der Waals surface area contributed by atoms with Gasteiger partial charge in [0.1, 0.15) is 16.3 Å². The van der Waals surface area contributed by atoms with E-state index >= 15 is 0 Å². The van der Waals surface area contributed by atoms with Crippen LogP contribution in [-0.2, 0) is 72.0 Å². The molecule has 0 fully saturated rings. The summed E-state index contributed by atoms with van der Waals surface area (Å²) in [4.78, 5) is 27.5. The van der Waals surface area contributed by atoms with Gasteiger partial charge in [0, 0.05) is 48.7 Å². The minimum absolute atomic E-state index is 0. The molecule has 0 saturated carbocycles. The maximum Gasteiger partial charge on any atom is 0.358 e. The average Bonchev–Trinajstić information content (AvgIpc) is 3.85. The zero-order valence-electron chi connectivity index (χ0n) is 28.0. The Morgan fingerprint density at radius 2 is 1.15 bits per heavy atom. The maximum atomic E-state index is 11.6. The number of aromatic hydroxyl groups is 2. The zero-order valence-corrected chi connectivity index (χ0v) is 33.3. The second-order valence-electron chi connectivity index (χ2n) is 10.2. The van der Waals surface area contributed by atoms with E-state index < -0.39 is 82.7 Å². The van der Waals surface area contributed by atoms with E-state index in [1.807, 2.05) is 0 Å². The van der Waals surface area contributed by atoms with Gasteiger partial charge in [-0.05, 0) is 47.2 Å². The number of carboxylic acid groups (broad SMARTS) is 2. The van der Waals surface area contributed by atoms with Crippen molar-refractivity contribution in [2.75, 3.05) is 0 Å². The molecule has 8 N–H and O–H groups in total. The summed E-state index contributed by atoms with van der Waals surface area (Å²) in [5.41, 5.74) is -0.692. The second-order valence-corrected chi connectivity index (χ2v) is 14.5. The number of phenols is 2. The van der Waals surface area contributed by atoms with Gasteiger partial charge in [-0.1, -0.05) is 22.2 Å². The van der Waals surface area contributed by atoms with Gasteiger partial charge in [-0.2, -0.15) is 16.8 Å². The van der Waals surface area contributed by atoms with Crippen LogP contribution in [-0.4, -0.2) is 89.0 Å². The molecule has 0 saturated heterocycles. The first-order valence-electron chi connectivity index (χ1n) is 14.3. The first-order chi connectivity index (χ1) is 27.4. The van der Waals surface area contributed by atoms with Gasteiger partial charge in [0.25, 0.3) is 20.2 Å². The van der Waals surface area contributed by atoms with Crippen LogP contribution >= 0.6 is 24.1 Å². The van der Waals surface area contributed by atoms with E-state index in [4.69, 9.17) is 20.7 Å².